The standard InChI is InChI=1S/C16H23NO4S/c1-12(2)21-15-8-10-17(11-9-15)22(19,20)16-6-4-14(5-7-16)13(3)18/h4-7,12,15H,8-11H2,1-3H3. The third-order valence-corrected chi connectivity index (χ3v) is 5.68. The second-order valence-corrected chi connectivity index (χ2v) is 7.81. The largest absolute Gasteiger partial charge is 0.375 e. The molecule has 0 amide bonds. The second-order valence-electron chi connectivity index (χ2n) is 5.87. The van der Waals surface area contributed by atoms with Crippen molar-refractivity contribution in [3.63, 3.8) is 0 Å². The lowest BCUT2D eigenvalue weighted by molar-refractivity contribution is -0.0168. The zero-order valence-corrected chi connectivity index (χ0v) is 14.1. The van der Waals surface area contributed by atoms with E-state index in [0.717, 1.165) is 0 Å². The first-order chi connectivity index (χ1) is 10.3. The van der Waals surface area contributed by atoms with Crippen molar-refractivity contribution < 1.29 is 17.9 Å². The van der Waals surface area contributed by atoms with Crippen LogP contribution in [0.2, 0.25) is 0 Å². The fraction of sp³-hybridized carbons (Fsp3) is 0.562. The molecule has 122 valence electrons. The van der Waals surface area contributed by atoms with Gasteiger partial charge in [-0.3, -0.25) is 4.79 Å². The SMILES string of the molecule is CC(=O)c1ccc(S(=O)(=O)N2CCC(OC(C)C)CC2)cc1. The van der Waals surface area contributed by atoms with Gasteiger partial charge in [-0.05, 0) is 45.7 Å². The van der Waals surface area contributed by atoms with E-state index in [2.05, 4.69) is 0 Å². The average Bonchev–Trinajstić information content (AvgIpc) is 2.47. The zero-order valence-electron chi connectivity index (χ0n) is 13.3. The van der Waals surface area contributed by atoms with E-state index >= 15 is 0 Å². The van der Waals surface area contributed by atoms with E-state index in [4.69, 9.17) is 4.74 Å². The summed E-state index contributed by atoms with van der Waals surface area (Å²) < 4.78 is 32.4. The summed E-state index contributed by atoms with van der Waals surface area (Å²) in [6.07, 6.45) is 1.71. The molecule has 0 unspecified atom stereocenters. The van der Waals surface area contributed by atoms with Crippen molar-refractivity contribution in [1.29, 1.82) is 0 Å². The first-order valence-electron chi connectivity index (χ1n) is 7.57. The Bertz CT molecular complexity index is 614. The number of benzene rings is 1. The van der Waals surface area contributed by atoms with Crippen LogP contribution in [0.5, 0.6) is 0 Å². The van der Waals surface area contributed by atoms with E-state index in [1.807, 2.05) is 13.8 Å². The first kappa shape index (κ1) is 17.1. The number of carbonyl (C=O) groups is 1. The van der Waals surface area contributed by atoms with Gasteiger partial charge in [0.15, 0.2) is 5.78 Å². The lowest BCUT2D eigenvalue weighted by atomic mass is 10.1. The minimum atomic E-state index is -3.49. The van der Waals surface area contributed by atoms with Gasteiger partial charge in [-0.2, -0.15) is 4.31 Å². The number of ketones is 1. The molecule has 0 N–H and O–H groups in total. The van der Waals surface area contributed by atoms with Crippen molar-refractivity contribution in [2.75, 3.05) is 13.1 Å². The predicted octanol–water partition coefficient (Wildman–Crippen LogP) is 2.47. The molecular formula is C16H23NO4S. The van der Waals surface area contributed by atoms with Crippen LogP contribution in [0.25, 0.3) is 0 Å². The van der Waals surface area contributed by atoms with Crippen molar-refractivity contribution in [1.82, 2.24) is 4.31 Å². The highest BCUT2D eigenvalue weighted by Gasteiger charge is 2.30. The summed E-state index contributed by atoms with van der Waals surface area (Å²) in [7, 11) is -3.49. The number of ether oxygens (including phenoxy) is 1. The molecule has 0 atom stereocenters. The van der Waals surface area contributed by atoms with Crippen molar-refractivity contribution in [3.05, 3.63) is 29.8 Å². The van der Waals surface area contributed by atoms with Gasteiger partial charge in [0, 0.05) is 18.7 Å². The van der Waals surface area contributed by atoms with Gasteiger partial charge in [0.25, 0.3) is 0 Å². The number of piperidine rings is 1. The Balaban J connectivity index is 2.06. The van der Waals surface area contributed by atoms with Gasteiger partial charge in [-0.1, -0.05) is 12.1 Å². The van der Waals surface area contributed by atoms with Crippen LogP contribution in [-0.4, -0.2) is 43.8 Å². The van der Waals surface area contributed by atoms with Crippen molar-refractivity contribution in [2.24, 2.45) is 0 Å². The number of carbonyl (C=O) groups excluding carboxylic acids is 1. The number of sulfonamides is 1. The number of hydrogen-bond donors (Lipinski definition) is 0. The molecule has 1 saturated heterocycles. The molecule has 1 aromatic rings. The summed E-state index contributed by atoms with van der Waals surface area (Å²) in [6.45, 7) is 6.37. The fourth-order valence-corrected chi connectivity index (χ4v) is 4.07. The Morgan fingerprint density at radius 2 is 1.73 bits per heavy atom. The lowest BCUT2D eigenvalue weighted by Gasteiger charge is -2.32. The van der Waals surface area contributed by atoms with Gasteiger partial charge in [0.2, 0.25) is 10.0 Å². The summed E-state index contributed by atoms with van der Waals surface area (Å²) in [5.74, 6) is -0.0735. The highest BCUT2D eigenvalue weighted by molar-refractivity contribution is 7.89. The molecule has 0 aliphatic carbocycles. The molecule has 0 spiro atoms. The van der Waals surface area contributed by atoms with Crippen molar-refractivity contribution in [3.8, 4) is 0 Å². The molecule has 1 aliphatic heterocycles. The second kappa shape index (κ2) is 6.89. The molecular weight excluding hydrogens is 302 g/mol. The van der Waals surface area contributed by atoms with Crippen LogP contribution in [0, 0.1) is 0 Å². The Morgan fingerprint density at radius 3 is 2.18 bits per heavy atom. The maximum absolute atomic E-state index is 12.6. The smallest absolute Gasteiger partial charge is 0.243 e. The third-order valence-electron chi connectivity index (χ3n) is 3.76. The molecule has 0 aromatic heterocycles. The molecule has 0 bridgehead atoms. The minimum absolute atomic E-state index is 0.0735. The van der Waals surface area contributed by atoms with Crippen LogP contribution in [-0.2, 0) is 14.8 Å². The predicted molar refractivity (Wildman–Crippen MR) is 84.4 cm³/mol. The summed E-state index contributed by atoms with van der Waals surface area (Å²) in [5, 5.41) is 0. The van der Waals surface area contributed by atoms with Gasteiger partial charge >= 0.3 is 0 Å². The van der Waals surface area contributed by atoms with Crippen molar-refractivity contribution >= 4 is 15.8 Å². The molecule has 6 heteroatoms. The summed E-state index contributed by atoms with van der Waals surface area (Å²) in [5.41, 5.74) is 0.517. The Labute approximate surface area is 132 Å². The molecule has 1 aliphatic rings. The molecule has 1 aromatic carbocycles. The van der Waals surface area contributed by atoms with E-state index in [1.54, 1.807) is 12.1 Å². The molecule has 1 heterocycles. The molecule has 22 heavy (non-hydrogen) atoms. The Hall–Kier alpha value is -1.24. The minimum Gasteiger partial charge on any atom is -0.375 e. The highest BCUT2D eigenvalue weighted by Crippen LogP contribution is 2.23. The maximum atomic E-state index is 12.6. The van der Waals surface area contributed by atoms with E-state index in [0.29, 0.717) is 31.5 Å². The average molecular weight is 325 g/mol. The lowest BCUT2D eigenvalue weighted by Crippen LogP contribution is -2.41. The van der Waals surface area contributed by atoms with E-state index < -0.39 is 10.0 Å². The molecule has 1 fully saturated rings. The maximum Gasteiger partial charge on any atom is 0.243 e. The van der Waals surface area contributed by atoms with Crippen LogP contribution in [0.3, 0.4) is 0 Å². The normalized spacial score (nSPS) is 17.8. The molecule has 0 saturated carbocycles. The number of nitrogens with zero attached hydrogens (tertiary/aromatic N) is 1. The summed E-state index contributed by atoms with van der Waals surface area (Å²) in [6, 6.07) is 6.12. The first-order valence-corrected chi connectivity index (χ1v) is 9.01. The van der Waals surface area contributed by atoms with Gasteiger partial charge in [-0.15, -0.1) is 0 Å². The van der Waals surface area contributed by atoms with Gasteiger partial charge in [-0.25, -0.2) is 8.42 Å². The van der Waals surface area contributed by atoms with E-state index in [-0.39, 0.29) is 22.9 Å². The quantitative estimate of drug-likeness (QED) is 0.780. The van der Waals surface area contributed by atoms with Crippen LogP contribution >= 0.6 is 0 Å². The van der Waals surface area contributed by atoms with Gasteiger partial charge in [0.1, 0.15) is 0 Å². The molecule has 0 radical (unpaired) electrons. The Kier molecular flexibility index (Phi) is 5.36. The van der Waals surface area contributed by atoms with Crippen LogP contribution < -0.4 is 0 Å². The van der Waals surface area contributed by atoms with Crippen LogP contribution in [0.4, 0.5) is 0 Å². The topological polar surface area (TPSA) is 63.7 Å². The Morgan fingerprint density at radius 1 is 1.18 bits per heavy atom. The van der Waals surface area contributed by atoms with Crippen LogP contribution in [0.1, 0.15) is 44.0 Å². The number of hydrogen-bond acceptors (Lipinski definition) is 4. The van der Waals surface area contributed by atoms with Crippen LogP contribution in [0.15, 0.2) is 29.2 Å². The van der Waals surface area contributed by atoms with Gasteiger partial charge < -0.3 is 4.74 Å². The number of rotatable bonds is 5. The van der Waals surface area contributed by atoms with Crippen molar-refractivity contribution in [2.45, 2.75) is 50.7 Å². The third kappa shape index (κ3) is 3.94. The number of Topliss-reactive ketones (excluding diaryl/α,β-unsaturated/α-hetero) is 1. The van der Waals surface area contributed by atoms with Gasteiger partial charge in [0.05, 0.1) is 17.1 Å². The zero-order chi connectivity index (χ0) is 16.3. The highest BCUT2D eigenvalue weighted by atomic mass is 32.2. The molecule has 2 rings (SSSR count). The van der Waals surface area contributed by atoms with E-state index in [1.165, 1.54) is 23.4 Å². The summed E-state index contributed by atoms with van der Waals surface area (Å²) in [4.78, 5) is 11.5. The molecule has 5 nitrogen and oxygen atoms in total. The summed E-state index contributed by atoms with van der Waals surface area (Å²) >= 11 is 0. The van der Waals surface area contributed by atoms with E-state index in [9.17, 15) is 13.2 Å². The fourth-order valence-electron chi connectivity index (χ4n) is 2.60. The monoisotopic (exact) mass is 325 g/mol.